The van der Waals surface area contributed by atoms with Gasteiger partial charge < -0.3 is 15.3 Å². The van der Waals surface area contributed by atoms with Gasteiger partial charge in [-0.3, -0.25) is 4.79 Å². The molecule has 1 fully saturated rings. The Balaban J connectivity index is 2.64. The van der Waals surface area contributed by atoms with Crippen molar-refractivity contribution in [3.8, 4) is 0 Å². The van der Waals surface area contributed by atoms with E-state index in [1.165, 1.54) is 0 Å². The highest BCUT2D eigenvalue weighted by molar-refractivity contribution is 5.78. The lowest BCUT2D eigenvalue weighted by Crippen LogP contribution is -2.53. The number of carbonyl (C=O) groups is 1. The summed E-state index contributed by atoms with van der Waals surface area (Å²) in [5.41, 5.74) is 0. The number of likely N-dealkylation sites (tertiary alicyclic amines) is 1. The zero-order valence-corrected chi connectivity index (χ0v) is 12.1. The first-order valence-corrected chi connectivity index (χ1v) is 7.08. The lowest BCUT2D eigenvalue weighted by atomic mass is 9.85. The summed E-state index contributed by atoms with van der Waals surface area (Å²) in [6, 6.07) is 0.320. The van der Waals surface area contributed by atoms with Crippen molar-refractivity contribution in [1.29, 1.82) is 0 Å². The van der Waals surface area contributed by atoms with Crippen LogP contribution in [0, 0.1) is 17.8 Å². The zero-order chi connectivity index (χ0) is 13.7. The molecule has 0 aromatic rings. The van der Waals surface area contributed by atoms with Crippen LogP contribution in [0.3, 0.4) is 0 Å². The number of hydrogen-bond acceptors (Lipinski definition) is 3. The predicted octanol–water partition coefficient (Wildman–Crippen LogP) is 1.10. The molecule has 0 spiro atoms. The molecule has 18 heavy (non-hydrogen) atoms. The summed E-state index contributed by atoms with van der Waals surface area (Å²) in [5, 5.41) is 12.2. The van der Waals surface area contributed by atoms with E-state index in [2.05, 4.69) is 19.2 Å². The van der Waals surface area contributed by atoms with Crippen LogP contribution in [0.4, 0.5) is 0 Å². The highest BCUT2D eigenvalue weighted by Gasteiger charge is 2.31. The number of aliphatic hydroxyl groups excluding tert-OH is 1. The van der Waals surface area contributed by atoms with Gasteiger partial charge >= 0.3 is 0 Å². The molecule has 0 bridgehead atoms. The third kappa shape index (κ3) is 4.25. The molecule has 2 unspecified atom stereocenters. The van der Waals surface area contributed by atoms with Crippen LogP contribution in [0.25, 0.3) is 0 Å². The molecule has 1 saturated heterocycles. The van der Waals surface area contributed by atoms with Crippen molar-refractivity contribution < 1.29 is 9.90 Å². The Bertz CT molecular complexity index is 267. The van der Waals surface area contributed by atoms with E-state index < -0.39 is 0 Å². The standard InChI is InChI=1S/C14H28N2O2/c1-10(2)12-7-13(15-5-6-17)9-16(8-12)14(18)11(3)4/h10-13,15,17H,5-9H2,1-4H3. The summed E-state index contributed by atoms with van der Waals surface area (Å²) >= 11 is 0. The molecule has 4 heteroatoms. The van der Waals surface area contributed by atoms with E-state index >= 15 is 0 Å². The Morgan fingerprint density at radius 1 is 1.33 bits per heavy atom. The Labute approximate surface area is 111 Å². The normalized spacial score (nSPS) is 24.9. The minimum Gasteiger partial charge on any atom is -0.395 e. The molecule has 1 aliphatic rings. The van der Waals surface area contributed by atoms with Gasteiger partial charge in [0.1, 0.15) is 0 Å². The number of nitrogens with one attached hydrogen (secondary N) is 1. The van der Waals surface area contributed by atoms with Gasteiger partial charge in [0, 0.05) is 31.6 Å². The molecule has 1 rings (SSSR count). The molecule has 0 aromatic heterocycles. The smallest absolute Gasteiger partial charge is 0.225 e. The molecule has 1 heterocycles. The topological polar surface area (TPSA) is 52.6 Å². The monoisotopic (exact) mass is 256 g/mol. The summed E-state index contributed by atoms with van der Waals surface area (Å²) in [6.07, 6.45) is 1.10. The fourth-order valence-electron chi connectivity index (χ4n) is 2.58. The summed E-state index contributed by atoms with van der Waals surface area (Å²) in [7, 11) is 0. The second-order valence-corrected chi connectivity index (χ2v) is 6.01. The Morgan fingerprint density at radius 2 is 2.00 bits per heavy atom. The second kappa shape index (κ2) is 7.10. The van der Waals surface area contributed by atoms with Crippen LogP contribution in [-0.4, -0.2) is 48.2 Å². The second-order valence-electron chi connectivity index (χ2n) is 6.01. The van der Waals surface area contributed by atoms with Crippen molar-refractivity contribution in [2.75, 3.05) is 26.2 Å². The van der Waals surface area contributed by atoms with E-state index in [0.717, 1.165) is 19.5 Å². The molecule has 106 valence electrons. The number of amides is 1. The van der Waals surface area contributed by atoms with E-state index in [0.29, 0.717) is 24.4 Å². The quantitative estimate of drug-likeness (QED) is 0.774. The molecule has 4 nitrogen and oxygen atoms in total. The third-order valence-electron chi connectivity index (χ3n) is 3.78. The van der Waals surface area contributed by atoms with Crippen LogP contribution in [0.2, 0.25) is 0 Å². The van der Waals surface area contributed by atoms with Gasteiger partial charge in [-0.15, -0.1) is 0 Å². The van der Waals surface area contributed by atoms with Crippen LogP contribution in [0.1, 0.15) is 34.1 Å². The van der Waals surface area contributed by atoms with E-state index in [-0.39, 0.29) is 18.4 Å². The minimum absolute atomic E-state index is 0.0643. The van der Waals surface area contributed by atoms with Gasteiger partial charge in [0.25, 0.3) is 0 Å². The van der Waals surface area contributed by atoms with Crippen molar-refractivity contribution in [3.05, 3.63) is 0 Å². The van der Waals surface area contributed by atoms with Crippen LogP contribution in [0.15, 0.2) is 0 Å². The molecular formula is C14H28N2O2. The molecule has 0 saturated carbocycles. The van der Waals surface area contributed by atoms with Gasteiger partial charge in [-0.1, -0.05) is 27.7 Å². The largest absolute Gasteiger partial charge is 0.395 e. The van der Waals surface area contributed by atoms with Crippen LogP contribution in [0.5, 0.6) is 0 Å². The molecule has 1 aliphatic heterocycles. The van der Waals surface area contributed by atoms with E-state index in [9.17, 15) is 4.79 Å². The number of hydrogen-bond donors (Lipinski definition) is 2. The Kier molecular flexibility index (Phi) is 6.09. The Hall–Kier alpha value is -0.610. The molecule has 0 aromatic carbocycles. The molecule has 2 N–H and O–H groups in total. The van der Waals surface area contributed by atoms with E-state index in [1.54, 1.807) is 0 Å². The van der Waals surface area contributed by atoms with Crippen LogP contribution >= 0.6 is 0 Å². The van der Waals surface area contributed by atoms with Gasteiger partial charge in [0.2, 0.25) is 5.91 Å². The van der Waals surface area contributed by atoms with Crippen LogP contribution < -0.4 is 5.32 Å². The number of aliphatic hydroxyl groups is 1. The number of rotatable bonds is 5. The van der Waals surface area contributed by atoms with Crippen molar-refractivity contribution in [2.45, 2.75) is 40.2 Å². The molecule has 1 amide bonds. The third-order valence-corrected chi connectivity index (χ3v) is 3.78. The van der Waals surface area contributed by atoms with Crippen molar-refractivity contribution in [2.24, 2.45) is 17.8 Å². The summed E-state index contributed by atoms with van der Waals surface area (Å²) in [4.78, 5) is 14.1. The fraction of sp³-hybridized carbons (Fsp3) is 0.929. The maximum atomic E-state index is 12.1. The number of carbonyl (C=O) groups excluding carboxylic acids is 1. The first-order chi connectivity index (χ1) is 8.45. The first-order valence-electron chi connectivity index (χ1n) is 7.08. The molecular weight excluding hydrogens is 228 g/mol. The lowest BCUT2D eigenvalue weighted by Gasteiger charge is -2.40. The molecule has 0 radical (unpaired) electrons. The molecule has 2 atom stereocenters. The van der Waals surface area contributed by atoms with E-state index in [1.807, 2.05) is 18.7 Å². The molecule has 0 aliphatic carbocycles. The van der Waals surface area contributed by atoms with Gasteiger partial charge in [0.15, 0.2) is 0 Å². The highest BCUT2D eigenvalue weighted by atomic mass is 16.3. The van der Waals surface area contributed by atoms with Crippen molar-refractivity contribution in [1.82, 2.24) is 10.2 Å². The van der Waals surface area contributed by atoms with Crippen molar-refractivity contribution >= 4 is 5.91 Å². The van der Waals surface area contributed by atoms with Gasteiger partial charge in [-0.2, -0.15) is 0 Å². The minimum atomic E-state index is 0.0643. The van der Waals surface area contributed by atoms with Gasteiger partial charge in [-0.05, 0) is 18.3 Å². The average molecular weight is 256 g/mol. The van der Waals surface area contributed by atoms with Gasteiger partial charge in [-0.25, -0.2) is 0 Å². The van der Waals surface area contributed by atoms with Crippen molar-refractivity contribution in [3.63, 3.8) is 0 Å². The SMILES string of the molecule is CC(C)C(=O)N1CC(NCCO)CC(C(C)C)C1. The maximum Gasteiger partial charge on any atom is 0.225 e. The maximum absolute atomic E-state index is 12.1. The Morgan fingerprint density at radius 3 is 2.50 bits per heavy atom. The first kappa shape index (κ1) is 15.4. The summed E-state index contributed by atoms with van der Waals surface area (Å²) < 4.78 is 0. The zero-order valence-electron chi connectivity index (χ0n) is 12.1. The van der Waals surface area contributed by atoms with E-state index in [4.69, 9.17) is 5.11 Å². The highest BCUT2D eigenvalue weighted by Crippen LogP contribution is 2.24. The van der Waals surface area contributed by atoms with Gasteiger partial charge in [0.05, 0.1) is 6.61 Å². The number of nitrogens with zero attached hydrogens (tertiary/aromatic N) is 1. The average Bonchev–Trinajstić information content (AvgIpc) is 2.34. The fourth-order valence-corrected chi connectivity index (χ4v) is 2.58. The predicted molar refractivity (Wildman–Crippen MR) is 73.2 cm³/mol. The number of piperidine rings is 1. The summed E-state index contributed by atoms with van der Waals surface area (Å²) in [6.45, 7) is 10.8. The van der Waals surface area contributed by atoms with Crippen LogP contribution in [-0.2, 0) is 4.79 Å². The lowest BCUT2D eigenvalue weighted by molar-refractivity contribution is -0.137. The summed E-state index contributed by atoms with van der Waals surface area (Å²) in [5.74, 6) is 1.45.